The van der Waals surface area contributed by atoms with Crippen molar-refractivity contribution in [2.24, 2.45) is 11.8 Å². The normalized spacial score (nSPS) is 16.2. The molecule has 0 aromatic heterocycles. The molecule has 1 aromatic carbocycles. The molecule has 3 atom stereocenters. The molecule has 1 rings (SSSR count). The lowest BCUT2D eigenvalue weighted by Crippen LogP contribution is -2.29. The molecule has 0 fully saturated rings. The Labute approximate surface area is 111 Å². The van der Waals surface area contributed by atoms with Gasteiger partial charge in [0, 0.05) is 6.61 Å². The van der Waals surface area contributed by atoms with Crippen molar-refractivity contribution < 1.29 is 10.2 Å². The van der Waals surface area contributed by atoms with Gasteiger partial charge in [0.1, 0.15) is 0 Å². The van der Waals surface area contributed by atoms with E-state index in [9.17, 15) is 10.2 Å². The first-order chi connectivity index (χ1) is 8.69. The smallest absolute Gasteiger partial charge is 0.0543 e. The van der Waals surface area contributed by atoms with Crippen LogP contribution in [-0.2, 0) is 6.42 Å². The molecule has 0 spiro atoms. The average molecular weight is 250 g/mol. The van der Waals surface area contributed by atoms with Crippen molar-refractivity contribution in [3.63, 3.8) is 0 Å². The molecule has 18 heavy (non-hydrogen) atoms. The molecule has 0 unspecified atom stereocenters. The van der Waals surface area contributed by atoms with Crippen LogP contribution in [0.5, 0.6) is 0 Å². The van der Waals surface area contributed by atoms with Crippen LogP contribution in [-0.4, -0.2) is 22.9 Å². The first kappa shape index (κ1) is 15.2. The van der Waals surface area contributed by atoms with Gasteiger partial charge >= 0.3 is 0 Å². The lowest BCUT2D eigenvalue weighted by atomic mass is 9.81. The van der Waals surface area contributed by atoms with E-state index in [1.165, 1.54) is 5.56 Å². The summed E-state index contributed by atoms with van der Waals surface area (Å²) in [6, 6.07) is 10.2. The average Bonchev–Trinajstić information content (AvgIpc) is 2.38. The zero-order valence-electron chi connectivity index (χ0n) is 11.5. The van der Waals surface area contributed by atoms with Crippen LogP contribution in [0.2, 0.25) is 0 Å². The molecule has 2 nitrogen and oxygen atoms in total. The third kappa shape index (κ3) is 4.79. The first-order valence-corrected chi connectivity index (χ1v) is 7.01. The third-order valence-corrected chi connectivity index (χ3v) is 3.69. The van der Waals surface area contributed by atoms with Gasteiger partial charge in [0.05, 0.1) is 6.10 Å². The molecular weight excluding hydrogens is 224 g/mol. The van der Waals surface area contributed by atoms with Crippen LogP contribution in [0, 0.1) is 11.8 Å². The highest BCUT2D eigenvalue weighted by molar-refractivity contribution is 5.15. The van der Waals surface area contributed by atoms with Gasteiger partial charge in [-0.1, -0.05) is 50.1 Å². The highest BCUT2D eigenvalue weighted by atomic mass is 16.3. The maximum atomic E-state index is 9.91. The van der Waals surface area contributed by atoms with Gasteiger partial charge in [0.15, 0.2) is 0 Å². The molecule has 0 saturated carbocycles. The van der Waals surface area contributed by atoms with Gasteiger partial charge in [-0.2, -0.15) is 0 Å². The van der Waals surface area contributed by atoms with E-state index in [2.05, 4.69) is 19.1 Å². The maximum Gasteiger partial charge on any atom is 0.0543 e. The van der Waals surface area contributed by atoms with Gasteiger partial charge in [-0.25, -0.2) is 0 Å². The topological polar surface area (TPSA) is 40.5 Å². The van der Waals surface area contributed by atoms with E-state index in [0.717, 1.165) is 25.7 Å². The van der Waals surface area contributed by atoms with E-state index in [1.807, 2.05) is 25.1 Å². The number of hydrogen-bond acceptors (Lipinski definition) is 2. The highest BCUT2D eigenvalue weighted by Gasteiger charge is 2.24. The Kier molecular flexibility index (Phi) is 6.99. The number of hydrogen-bond donors (Lipinski definition) is 2. The van der Waals surface area contributed by atoms with E-state index >= 15 is 0 Å². The first-order valence-electron chi connectivity index (χ1n) is 7.01. The molecule has 0 radical (unpaired) electrons. The molecule has 102 valence electrons. The van der Waals surface area contributed by atoms with Gasteiger partial charge in [-0.05, 0) is 37.2 Å². The highest BCUT2D eigenvalue weighted by Crippen LogP contribution is 2.25. The molecule has 0 aliphatic carbocycles. The zero-order valence-corrected chi connectivity index (χ0v) is 11.5. The summed E-state index contributed by atoms with van der Waals surface area (Å²) in [4.78, 5) is 0. The number of unbranched alkanes of at least 4 members (excludes halogenated alkanes) is 1. The Hall–Kier alpha value is -0.860. The summed E-state index contributed by atoms with van der Waals surface area (Å²) >= 11 is 0. The molecule has 0 saturated heterocycles. The van der Waals surface area contributed by atoms with Crippen molar-refractivity contribution in [2.45, 2.75) is 45.6 Å². The van der Waals surface area contributed by atoms with E-state index in [-0.39, 0.29) is 24.5 Å². The molecule has 0 aliphatic heterocycles. The van der Waals surface area contributed by atoms with E-state index in [1.54, 1.807) is 0 Å². The van der Waals surface area contributed by atoms with Gasteiger partial charge in [0.25, 0.3) is 0 Å². The minimum Gasteiger partial charge on any atom is -0.396 e. The van der Waals surface area contributed by atoms with Crippen LogP contribution in [0.25, 0.3) is 0 Å². The molecule has 0 heterocycles. The molecule has 0 aliphatic rings. The van der Waals surface area contributed by atoms with Gasteiger partial charge in [-0.15, -0.1) is 0 Å². The Morgan fingerprint density at radius 3 is 2.33 bits per heavy atom. The standard InChI is InChI=1S/C16H26O2/c1-3-4-10-16(13(2)18)15(12-17)11-14-8-6-5-7-9-14/h5-9,13,15-18H,3-4,10-12H2,1-2H3/t13-,15-,16-/m0/s1. The fraction of sp³-hybridized carbons (Fsp3) is 0.625. The van der Waals surface area contributed by atoms with Crippen LogP contribution >= 0.6 is 0 Å². The third-order valence-electron chi connectivity index (χ3n) is 3.69. The predicted molar refractivity (Wildman–Crippen MR) is 75.4 cm³/mol. The summed E-state index contributed by atoms with van der Waals surface area (Å²) in [5.74, 6) is 0.342. The summed E-state index contributed by atoms with van der Waals surface area (Å²) in [5, 5.41) is 19.5. The predicted octanol–water partition coefficient (Wildman–Crippen LogP) is 3.02. The second-order valence-corrected chi connectivity index (χ2v) is 5.18. The summed E-state index contributed by atoms with van der Waals surface area (Å²) in [6.07, 6.45) is 3.73. The lowest BCUT2D eigenvalue weighted by molar-refractivity contribution is 0.0535. The number of aliphatic hydroxyl groups is 2. The number of rotatable bonds is 8. The number of benzene rings is 1. The van der Waals surface area contributed by atoms with Gasteiger partial charge < -0.3 is 10.2 Å². The lowest BCUT2D eigenvalue weighted by Gasteiger charge is -2.28. The molecule has 2 N–H and O–H groups in total. The Bertz CT molecular complexity index is 308. The largest absolute Gasteiger partial charge is 0.396 e. The van der Waals surface area contributed by atoms with Crippen molar-refractivity contribution in [2.75, 3.05) is 6.61 Å². The fourth-order valence-electron chi connectivity index (χ4n) is 2.58. The summed E-state index contributed by atoms with van der Waals surface area (Å²) < 4.78 is 0. The van der Waals surface area contributed by atoms with Crippen molar-refractivity contribution >= 4 is 0 Å². The van der Waals surface area contributed by atoms with Crippen molar-refractivity contribution in [1.82, 2.24) is 0 Å². The Morgan fingerprint density at radius 2 is 1.83 bits per heavy atom. The molecule has 0 amide bonds. The summed E-state index contributed by atoms with van der Waals surface area (Å²) in [5.41, 5.74) is 1.23. The van der Waals surface area contributed by atoms with Crippen LogP contribution < -0.4 is 0 Å². The van der Waals surface area contributed by atoms with Crippen molar-refractivity contribution in [3.8, 4) is 0 Å². The summed E-state index contributed by atoms with van der Waals surface area (Å²) in [6.45, 7) is 4.15. The second-order valence-electron chi connectivity index (χ2n) is 5.18. The SMILES string of the molecule is CCCC[C@H]([C@H](CO)Cc1ccccc1)[C@H](C)O. The van der Waals surface area contributed by atoms with Gasteiger partial charge in [0.2, 0.25) is 0 Å². The minimum absolute atomic E-state index is 0.147. The second kappa shape index (κ2) is 8.28. The quantitative estimate of drug-likeness (QED) is 0.744. The zero-order chi connectivity index (χ0) is 13.4. The molecule has 1 aromatic rings. The van der Waals surface area contributed by atoms with E-state index in [4.69, 9.17) is 0 Å². The maximum absolute atomic E-state index is 9.91. The van der Waals surface area contributed by atoms with Crippen LogP contribution in [0.3, 0.4) is 0 Å². The van der Waals surface area contributed by atoms with Crippen LogP contribution in [0.4, 0.5) is 0 Å². The van der Waals surface area contributed by atoms with Gasteiger partial charge in [-0.3, -0.25) is 0 Å². The number of aliphatic hydroxyl groups excluding tert-OH is 2. The monoisotopic (exact) mass is 250 g/mol. The summed E-state index contributed by atoms with van der Waals surface area (Å²) in [7, 11) is 0. The van der Waals surface area contributed by atoms with E-state index < -0.39 is 0 Å². The van der Waals surface area contributed by atoms with Crippen LogP contribution in [0.15, 0.2) is 30.3 Å². The molecule has 0 bridgehead atoms. The van der Waals surface area contributed by atoms with Crippen molar-refractivity contribution in [1.29, 1.82) is 0 Å². The Balaban J connectivity index is 2.66. The minimum atomic E-state index is -0.350. The Morgan fingerprint density at radius 1 is 1.17 bits per heavy atom. The van der Waals surface area contributed by atoms with Crippen LogP contribution in [0.1, 0.15) is 38.7 Å². The molecule has 2 heteroatoms. The fourth-order valence-corrected chi connectivity index (χ4v) is 2.58. The van der Waals surface area contributed by atoms with E-state index in [0.29, 0.717) is 0 Å². The van der Waals surface area contributed by atoms with Crippen molar-refractivity contribution in [3.05, 3.63) is 35.9 Å². The molecular formula is C16H26O2.